The maximum atomic E-state index is 12.1. The van der Waals surface area contributed by atoms with Crippen molar-refractivity contribution in [2.24, 2.45) is 5.92 Å². The van der Waals surface area contributed by atoms with Crippen molar-refractivity contribution in [3.05, 3.63) is 23.8 Å². The molecule has 6 heteroatoms. The van der Waals surface area contributed by atoms with E-state index in [1.807, 2.05) is 0 Å². The topological polar surface area (TPSA) is 107 Å². The van der Waals surface area contributed by atoms with Crippen LogP contribution in [0.5, 0.6) is 11.5 Å². The van der Waals surface area contributed by atoms with Crippen LogP contribution in [0.1, 0.15) is 42.5 Å². The van der Waals surface area contributed by atoms with Gasteiger partial charge in [0.05, 0.1) is 5.56 Å². The number of carbonyl (C=O) groups excluding carboxylic acids is 1. The van der Waals surface area contributed by atoms with Crippen molar-refractivity contribution in [2.45, 2.75) is 38.1 Å². The number of rotatable bonds is 4. The number of carboxylic acid groups (broad SMARTS) is 1. The molecule has 0 radical (unpaired) electrons. The van der Waals surface area contributed by atoms with Crippen molar-refractivity contribution in [3.8, 4) is 11.5 Å². The second-order valence-electron chi connectivity index (χ2n) is 5.39. The molecule has 1 fully saturated rings. The minimum Gasteiger partial charge on any atom is -0.508 e. The molecule has 1 amide bonds. The predicted octanol–water partition coefficient (Wildman–Crippen LogP) is 1.86. The van der Waals surface area contributed by atoms with Crippen LogP contribution in [0.4, 0.5) is 0 Å². The Morgan fingerprint density at radius 2 is 1.81 bits per heavy atom. The third-order valence-corrected chi connectivity index (χ3v) is 3.90. The molecule has 1 aliphatic rings. The number of hydrogen-bond acceptors (Lipinski definition) is 4. The summed E-state index contributed by atoms with van der Waals surface area (Å²) in [6.45, 7) is 0. The fourth-order valence-electron chi connectivity index (χ4n) is 2.77. The Morgan fingerprint density at radius 1 is 1.14 bits per heavy atom. The summed E-state index contributed by atoms with van der Waals surface area (Å²) in [6, 6.07) is 2.59. The molecule has 4 N–H and O–H groups in total. The molecule has 1 aromatic rings. The van der Waals surface area contributed by atoms with Crippen LogP contribution >= 0.6 is 0 Å². The molecule has 21 heavy (non-hydrogen) atoms. The summed E-state index contributed by atoms with van der Waals surface area (Å²) >= 11 is 0. The summed E-state index contributed by atoms with van der Waals surface area (Å²) in [5.41, 5.74) is -0.128. The largest absolute Gasteiger partial charge is 0.508 e. The lowest BCUT2D eigenvalue weighted by molar-refractivity contribution is -0.141. The number of aromatic hydroxyl groups is 2. The smallest absolute Gasteiger partial charge is 0.326 e. The Labute approximate surface area is 122 Å². The van der Waals surface area contributed by atoms with Gasteiger partial charge in [0.2, 0.25) is 0 Å². The highest BCUT2D eigenvalue weighted by Crippen LogP contribution is 2.28. The fraction of sp³-hybridized carbons (Fsp3) is 0.467. The standard InChI is InChI=1S/C15H19NO5/c17-10-6-7-12(18)11(8-10)14(19)16-13(15(20)21)9-4-2-1-3-5-9/h6-9,13,17-18H,1-5H2,(H,16,19)(H,20,21). The summed E-state index contributed by atoms with van der Waals surface area (Å²) in [5, 5.41) is 30.8. The molecular weight excluding hydrogens is 274 g/mol. The molecule has 2 rings (SSSR count). The summed E-state index contributed by atoms with van der Waals surface area (Å²) in [4.78, 5) is 23.5. The lowest BCUT2D eigenvalue weighted by atomic mass is 9.84. The molecule has 0 spiro atoms. The van der Waals surface area contributed by atoms with E-state index < -0.39 is 17.9 Å². The first-order chi connectivity index (χ1) is 9.99. The van der Waals surface area contributed by atoms with Crippen LogP contribution in [0.2, 0.25) is 0 Å². The SMILES string of the molecule is O=C(NC(C(=O)O)C1CCCCC1)c1cc(O)ccc1O. The Morgan fingerprint density at radius 3 is 2.43 bits per heavy atom. The minimum atomic E-state index is -1.07. The molecule has 6 nitrogen and oxygen atoms in total. The van der Waals surface area contributed by atoms with Crippen molar-refractivity contribution in [1.82, 2.24) is 5.32 Å². The minimum absolute atomic E-state index is 0.0975. The first kappa shape index (κ1) is 15.2. The molecule has 0 aromatic heterocycles. The van der Waals surface area contributed by atoms with Gasteiger partial charge in [-0.05, 0) is 37.0 Å². The lowest BCUT2D eigenvalue weighted by Gasteiger charge is -2.28. The van der Waals surface area contributed by atoms with E-state index in [1.165, 1.54) is 12.1 Å². The summed E-state index contributed by atoms with van der Waals surface area (Å²) in [7, 11) is 0. The Bertz CT molecular complexity index is 537. The van der Waals surface area contributed by atoms with Gasteiger partial charge in [-0.2, -0.15) is 0 Å². The third kappa shape index (κ3) is 3.65. The third-order valence-electron chi connectivity index (χ3n) is 3.90. The van der Waals surface area contributed by atoms with Crippen molar-refractivity contribution in [1.29, 1.82) is 0 Å². The summed E-state index contributed by atoms with van der Waals surface area (Å²) in [6.07, 6.45) is 4.54. The molecule has 0 aliphatic heterocycles. The van der Waals surface area contributed by atoms with E-state index in [4.69, 9.17) is 0 Å². The quantitative estimate of drug-likeness (QED) is 0.634. The number of hydrogen-bond donors (Lipinski definition) is 4. The molecule has 1 unspecified atom stereocenters. The number of amides is 1. The Hall–Kier alpha value is -2.24. The highest BCUT2D eigenvalue weighted by atomic mass is 16.4. The number of carbonyl (C=O) groups is 2. The van der Waals surface area contributed by atoms with E-state index >= 15 is 0 Å². The molecular formula is C15H19NO5. The normalized spacial score (nSPS) is 17.1. The average Bonchev–Trinajstić information content (AvgIpc) is 2.47. The fourth-order valence-corrected chi connectivity index (χ4v) is 2.77. The zero-order valence-corrected chi connectivity index (χ0v) is 11.6. The van der Waals surface area contributed by atoms with Gasteiger partial charge in [0, 0.05) is 0 Å². The predicted molar refractivity (Wildman–Crippen MR) is 75.2 cm³/mol. The lowest BCUT2D eigenvalue weighted by Crippen LogP contribution is -2.46. The average molecular weight is 293 g/mol. The van der Waals surface area contributed by atoms with Gasteiger partial charge < -0.3 is 20.6 Å². The molecule has 1 atom stereocenters. The van der Waals surface area contributed by atoms with Gasteiger partial charge in [0.1, 0.15) is 17.5 Å². The second kappa shape index (κ2) is 6.47. The van der Waals surface area contributed by atoms with Crippen LogP contribution in [-0.4, -0.2) is 33.2 Å². The van der Waals surface area contributed by atoms with Gasteiger partial charge in [0.25, 0.3) is 5.91 Å². The Kier molecular flexibility index (Phi) is 4.67. The van der Waals surface area contributed by atoms with Gasteiger partial charge >= 0.3 is 5.97 Å². The van der Waals surface area contributed by atoms with Gasteiger partial charge in [-0.25, -0.2) is 4.79 Å². The van der Waals surface area contributed by atoms with Crippen LogP contribution < -0.4 is 5.32 Å². The Balaban J connectivity index is 2.14. The van der Waals surface area contributed by atoms with Crippen LogP contribution in [0.3, 0.4) is 0 Å². The molecule has 1 aromatic carbocycles. The summed E-state index contributed by atoms with van der Waals surface area (Å²) in [5.74, 6) is -2.32. The number of carboxylic acids is 1. The zero-order chi connectivity index (χ0) is 15.4. The monoisotopic (exact) mass is 293 g/mol. The van der Waals surface area contributed by atoms with Gasteiger partial charge in [-0.1, -0.05) is 19.3 Å². The molecule has 1 aliphatic carbocycles. The second-order valence-corrected chi connectivity index (χ2v) is 5.39. The molecule has 1 saturated carbocycles. The number of phenols is 2. The molecule has 114 valence electrons. The molecule has 0 bridgehead atoms. The van der Waals surface area contributed by atoms with Crippen LogP contribution in [-0.2, 0) is 4.79 Å². The maximum absolute atomic E-state index is 12.1. The van der Waals surface area contributed by atoms with E-state index in [-0.39, 0.29) is 23.0 Å². The van der Waals surface area contributed by atoms with Gasteiger partial charge in [-0.15, -0.1) is 0 Å². The number of benzene rings is 1. The van der Waals surface area contributed by atoms with Crippen LogP contribution in [0, 0.1) is 5.92 Å². The first-order valence-corrected chi connectivity index (χ1v) is 7.04. The van der Waals surface area contributed by atoms with Crippen molar-refractivity contribution < 1.29 is 24.9 Å². The van der Waals surface area contributed by atoms with Crippen molar-refractivity contribution in [3.63, 3.8) is 0 Å². The maximum Gasteiger partial charge on any atom is 0.326 e. The number of aliphatic carboxylic acids is 1. The zero-order valence-electron chi connectivity index (χ0n) is 11.6. The van der Waals surface area contributed by atoms with E-state index in [1.54, 1.807) is 0 Å². The number of nitrogens with one attached hydrogen (secondary N) is 1. The summed E-state index contributed by atoms with van der Waals surface area (Å²) < 4.78 is 0. The van der Waals surface area contributed by atoms with E-state index in [2.05, 4.69) is 5.32 Å². The molecule has 0 saturated heterocycles. The van der Waals surface area contributed by atoms with Gasteiger partial charge in [-0.3, -0.25) is 4.79 Å². The van der Waals surface area contributed by atoms with Gasteiger partial charge in [0.15, 0.2) is 0 Å². The van der Waals surface area contributed by atoms with E-state index in [9.17, 15) is 24.9 Å². The highest BCUT2D eigenvalue weighted by Gasteiger charge is 2.31. The first-order valence-electron chi connectivity index (χ1n) is 7.04. The molecule has 0 heterocycles. The van der Waals surface area contributed by atoms with E-state index in [0.717, 1.165) is 38.2 Å². The van der Waals surface area contributed by atoms with Crippen molar-refractivity contribution >= 4 is 11.9 Å². The van der Waals surface area contributed by atoms with Crippen LogP contribution in [0.25, 0.3) is 0 Å². The highest BCUT2D eigenvalue weighted by molar-refractivity contribution is 5.99. The van der Waals surface area contributed by atoms with Crippen molar-refractivity contribution in [2.75, 3.05) is 0 Å². The van der Waals surface area contributed by atoms with Crippen LogP contribution in [0.15, 0.2) is 18.2 Å². The number of phenolic OH excluding ortho intramolecular Hbond substituents is 2. The van der Waals surface area contributed by atoms with E-state index in [0.29, 0.717) is 0 Å².